The van der Waals surface area contributed by atoms with Gasteiger partial charge in [-0.3, -0.25) is 9.69 Å². The second kappa shape index (κ2) is 15.6. The second-order valence-corrected chi connectivity index (χ2v) is 10.7. The predicted octanol–water partition coefficient (Wildman–Crippen LogP) is 7.69. The first-order valence-corrected chi connectivity index (χ1v) is 13.7. The number of fused-ring (bicyclic) bond motifs is 1. The van der Waals surface area contributed by atoms with Gasteiger partial charge in [-0.1, -0.05) is 80.3 Å². The molecule has 1 aliphatic heterocycles. The van der Waals surface area contributed by atoms with Gasteiger partial charge in [-0.25, -0.2) is 4.79 Å². The number of hydrogen-bond acceptors (Lipinski definition) is 3. The highest BCUT2D eigenvalue weighted by Crippen LogP contribution is 2.46. The van der Waals surface area contributed by atoms with E-state index in [2.05, 4.69) is 61.0 Å². The van der Waals surface area contributed by atoms with Crippen LogP contribution in [0.25, 0.3) is 0 Å². The number of carbonyl (C=O) groups is 2. The van der Waals surface area contributed by atoms with E-state index in [1.807, 2.05) is 57.2 Å². The van der Waals surface area contributed by atoms with Crippen LogP contribution in [0.4, 0.5) is 10.5 Å². The molecule has 0 saturated heterocycles. The van der Waals surface area contributed by atoms with Crippen LogP contribution >= 0.6 is 0 Å². The molecule has 2 amide bonds. The molecule has 1 unspecified atom stereocenters. The number of ether oxygens (including phenoxy) is 1. The molecule has 3 rings (SSSR count). The number of nitrogens with one attached hydrogen (secondary N) is 1. The Morgan fingerprint density at radius 1 is 1.10 bits per heavy atom. The number of allylic oxidation sites excluding steroid dienone is 4. The van der Waals surface area contributed by atoms with E-state index in [1.165, 1.54) is 18.1 Å². The summed E-state index contributed by atoms with van der Waals surface area (Å²) in [7, 11) is 0. The fourth-order valence-electron chi connectivity index (χ4n) is 4.56. The highest BCUT2D eigenvalue weighted by atomic mass is 16.6. The van der Waals surface area contributed by atoms with Gasteiger partial charge in [-0.05, 0) is 75.8 Å². The quantitative estimate of drug-likeness (QED) is 0.206. The Balaban J connectivity index is 0.000000322. The Kier molecular flexibility index (Phi) is 12.5. The number of carbonyl (C=O) groups excluding carboxylic acids is 2. The zero-order valence-corrected chi connectivity index (χ0v) is 24.2. The van der Waals surface area contributed by atoms with E-state index < -0.39 is 5.60 Å². The molecule has 1 atom stereocenters. The standard InChI is InChI=1S/C20H30N2O3.C14H14/c1-6-20(12-9-13-21-15(2)23)14-22(18(24)25-19(3,4)5)17-11-8-7-10-16(17)20;1-2-3-4-5-6-8-11-14-12-9-7-10-13-14/h7-8,10-11H,6,9,12-14H2,1-5H3,(H,21,23);2-3,5-10,12-13H,1,11H2/b;8-6+. The molecule has 0 spiro atoms. The van der Waals surface area contributed by atoms with Gasteiger partial charge >= 0.3 is 6.09 Å². The summed E-state index contributed by atoms with van der Waals surface area (Å²) in [5.41, 5.74) is 5.82. The molecule has 2 aromatic rings. The van der Waals surface area contributed by atoms with E-state index in [0.717, 1.165) is 31.4 Å². The normalized spacial score (nSPS) is 15.9. The van der Waals surface area contributed by atoms with Crippen molar-refractivity contribution in [3.63, 3.8) is 0 Å². The van der Waals surface area contributed by atoms with E-state index >= 15 is 0 Å². The van der Waals surface area contributed by atoms with Crippen LogP contribution in [0.1, 0.15) is 65.0 Å². The lowest BCUT2D eigenvalue weighted by molar-refractivity contribution is -0.118. The molecule has 1 heterocycles. The van der Waals surface area contributed by atoms with E-state index in [-0.39, 0.29) is 17.4 Å². The number of benzene rings is 2. The maximum atomic E-state index is 12.7. The molecule has 0 aliphatic carbocycles. The zero-order chi connectivity index (χ0) is 28.7. The van der Waals surface area contributed by atoms with Gasteiger partial charge in [-0.2, -0.15) is 0 Å². The fraction of sp³-hybridized carbons (Fsp3) is 0.382. The molecule has 0 radical (unpaired) electrons. The Morgan fingerprint density at radius 3 is 2.44 bits per heavy atom. The molecule has 2 aromatic carbocycles. The number of nitrogens with zero attached hydrogens (tertiary/aromatic N) is 1. The molecule has 5 heteroatoms. The second-order valence-electron chi connectivity index (χ2n) is 10.7. The highest BCUT2D eigenvalue weighted by Gasteiger charge is 2.44. The Labute approximate surface area is 235 Å². The van der Waals surface area contributed by atoms with E-state index in [9.17, 15) is 9.59 Å². The summed E-state index contributed by atoms with van der Waals surface area (Å²) in [5, 5.41) is 2.86. The topological polar surface area (TPSA) is 58.6 Å². The van der Waals surface area contributed by atoms with Gasteiger partial charge < -0.3 is 10.1 Å². The average Bonchev–Trinajstić information content (AvgIpc) is 3.24. The van der Waals surface area contributed by atoms with Gasteiger partial charge in [0.05, 0.1) is 5.69 Å². The van der Waals surface area contributed by atoms with Crippen molar-refractivity contribution in [2.24, 2.45) is 0 Å². The first-order chi connectivity index (χ1) is 18.6. The predicted molar refractivity (Wildman–Crippen MR) is 162 cm³/mol. The summed E-state index contributed by atoms with van der Waals surface area (Å²) in [4.78, 5) is 25.5. The number of para-hydroxylation sites is 1. The summed E-state index contributed by atoms with van der Waals surface area (Å²) in [5.74, 6) is -0.00671. The van der Waals surface area contributed by atoms with Crippen molar-refractivity contribution in [1.82, 2.24) is 5.32 Å². The number of hydrogen-bond donors (Lipinski definition) is 1. The van der Waals surface area contributed by atoms with Crippen LogP contribution in [0, 0.1) is 0 Å². The van der Waals surface area contributed by atoms with Gasteiger partial charge in [0.2, 0.25) is 5.91 Å². The maximum Gasteiger partial charge on any atom is 0.414 e. The zero-order valence-electron chi connectivity index (χ0n) is 24.2. The largest absolute Gasteiger partial charge is 0.443 e. The fourth-order valence-corrected chi connectivity index (χ4v) is 4.56. The molecule has 5 nitrogen and oxygen atoms in total. The molecule has 39 heavy (non-hydrogen) atoms. The summed E-state index contributed by atoms with van der Waals surface area (Å²) < 4.78 is 5.60. The molecule has 0 fully saturated rings. The number of amides is 2. The van der Waals surface area contributed by atoms with Crippen molar-refractivity contribution in [3.8, 4) is 0 Å². The molecule has 0 bridgehead atoms. The van der Waals surface area contributed by atoms with Crippen LogP contribution in [0.2, 0.25) is 0 Å². The van der Waals surface area contributed by atoms with Crippen LogP contribution in [0.5, 0.6) is 0 Å². The lowest BCUT2D eigenvalue weighted by Gasteiger charge is -2.30. The molecule has 208 valence electrons. The first kappa shape index (κ1) is 31.4. The average molecular weight is 529 g/mol. The molecule has 0 saturated carbocycles. The van der Waals surface area contributed by atoms with Crippen molar-refractivity contribution in [1.29, 1.82) is 0 Å². The van der Waals surface area contributed by atoms with Gasteiger partial charge in [0, 0.05) is 25.4 Å². The minimum Gasteiger partial charge on any atom is -0.443 e. The SMILES string of the molecule is C=CC=C=C/C=C/Cc1ccccc1.CCC1(CCCNC(C)=O)CN(C(=O)OC(C)(C)C)c2ccccc21. The van der Waals surface area contributed by atoms with Crippen LogP contribution in [0.15, 0.2) is 97.3 Å². The Morgan fingerprint density at radius 2 is 1.79 bits per heavy atom. The summed E-state index contributed by atoms with van der Waals surface area (Å²) in [6.07, 6.45) is 12.9. The van der Waals surface area contributed by atoms with Crippen LogP contribution < -0.4 is 10.2 Å². The summed E-state index contributed by atoms with van der Waals surface area (Å²) in [6.45, 7) is 14.2. The van der Waals surface area contributed by atoms with E-state index in [1.54, 1.807) is 17.1 Å². The van der Waals surface area contributed by atoms with Crippen molar-refractivity contribution in [2.75, 3.05) is 18.0 Å². The van der Waals surface area contributed by atoms with Crippen molar-refractivity contribution in [3.05, 3.63) is 108 Å². The summed E-state index contributed by atoms with van der Waals surface area (Å²) >= 11 is 0. The van der Waals surface area contributed by atoms with Crippen LogP contribution in [-0.2, 0) is 21.4 Å². The minimum atomic E-state index is -0.519. The first-order valence-electron chi connectivity index (χ1n) is 13.7. The third-order valence-electron chi connectivity index (χ3n) is 6.46. The smallest absolute Gasteiger partial charge is 0.414 e. The molecular formula is C34H44N2O3. The highest BCUT2D eigenvalue weighted by molar-refractivity contribution is 5.91. The van der Waals surface area contributed by atoms with E-state index in [4.69, 9.17) is 4.74 Å². The molecular weight excluding hydrogens is 484 g/mol. The van der Waals surface area contributed by atoms with Crippen molar-refractivity contribution < 1.29 is 14.3 Å². The molecule has 1 aliphatic rings. The maximum absolute atomic E-state index is 12.7. The minimum absolute atomic E-state index is 0.00671. The van der Waals surface area contributed by atoms with Crippen molar-refractivity contribution in [2.45, 2.75) is 71.3 Å². The van der Waals surface area contributed by atoms with Crippen molar-refractivity contribution >= 4 is 17.7 Å². The number of rotatable bonds is 9. The number of anilines is 1. The lowest BCUT2D eigenvalue weighted by Crippen LogP contribution is -2.40. The third kappa shape index (κ3) is 10.5. The Bertz CT molecular complexity index is 1170. The van der Waals surface area contributed by atoms with Gasteiger partial charge in [0.1, 0.15) is 5.60 Å². The third-order valence-corrected chi connectivity index (χ3v) is 6.46. The molecule has 1 N–H and O–H groups in total. The van der Waals surface area contributed by atoms with Crippen LogP contribution in [0.3, 0.4) is 0 Å². The Hall–Kier alpha value is -3.82. The molecule has 0 aromatic heterocycles. The van der Waals surface area contributed by atoms with Gasteiger partial charge in [0.15, 0.2) is 0 Å². The van der Waals surface area contributed by atoms with Gasteiger partial charge in [0.25, 0.3) is 0 Å². The lowest BCUT2D eigenvalue weighted by atomic mass is 9.76. The van der Waals surface area contributed by atoms with E-state index in [0.29, 0.717) is 13.1 Å². The monoisotopic (exact) mass is 528 g/mol. The van der Waals surface area contributed by atoms with Gasteiger partial charge in [-0.15, -0.1) is 5.73 Å². The van der Waals surface area contributed by atoms with Crippen LogP contribution in [-0.4, -0.2) is 30.7 Å². The summed E-state index contributed by atoms with van der Waals surface area (Å²) in [6, 6.07) is 18.5.